The molecule has 0 radical (unpaired) electrons. The van der Waals surface area contributed by atoms with E-state index in [0.29, 0.717) is 17.5 Å². The summed E-state index contributed by atoms with van der Waals surface area (Å²) in [4.78, 5) is 12.0. The number of amides is 1. The summed E-state index contributed by atoms with van der Waals surface area (Å²) in [6, 6.07) is 2.25. The Hall–Kier alpha value is -2.22. The predicted octanol–water partition coefficient (Wildman–Crippen LogP) is 0.728. The molecule has 1 fully saturated rings. The fourth-order valence-corrected chi connectivity index (χ4v) is 2.56. The van der Waals surface area contributed by atoms with E-state index in [9.17, 15) is 4.79 Å². The van der Waals surface area contributed by atoms with Gasteiger partial charge in [0, 0.05) is 18.7 Å². The maximum Gasteiger partial charge on any atom is 0.273 e. The number of hydrogen-bond donors (Lipinski definition) is 2. The number of carbonyl (C=O) groups is 1. The number of piperidine rings is 1. The van der Waals surface area contributed by atoms with E-state index < -0.39 is 0 Å². The van der Waals surface area contributed by atoms with Gasteiger partial charge in [-0.2, -0.15) is 0 Å². The van der Waals surface area contributed by atoms with E-state index in [1.165, 1.54) is 25.5 Å². The Morgan fingerprint density at radius 2 is 2.45 bits per heavy atom. The zero-order valence-corrected chi connectivity index (χ0v) is 12.4. The lowest BCUT2D eigenvalue weighted by atomic mass is 10.0. The molecule has 1 aliphatic rings. The second kappa shape index (κ2) is 7.17. The molecule has 0 spiro atoms. The number of aryl methyl sites for hydroxylation is 1. The Balaban J connectivity index is 1.46. The molecule has 1 aliphatic heterocycles. The minimum absolute atomic E-state index is 0.265. The lowest BCUT2D eigenvalue weighted by Gasteiger charge is -2.23. The van der Waals surface area contributed by atoms with Gasteiger partial charge in [-0.15, -0.1) is 5.10 Å². The average Bonchev–Trinajstić information content (AvgIpc) is 3.23. The van der Waals surface area contributed by atoms with E-state index in [4.69, 9.17) is 4.52 Å². The van der Waals surface area contributed by atoms with Crippen LogP contribution < -0.4 is 10.6 Å². The first-order valence-corrected chi connectivity index (χ1v) is 7.62. The molecular weight excluding hydrogens is 284 g/mol. The first-order chi connectivity index (χ1) is 10.8. The SMILES string of the molecule is O=C(NCc1ccno1)c1cn(CC[C@@H]2CCCCN2)nn1. The average molecular weight is 304 g/mol. The molecule has 2 aromatic rings. The largest absolute Gasteiger partial charge is 0.360 e. The Morgan fingerprint density at radius 1 is 1.50 bits per heavy atom. The molecule has 8 nitrogen and oxygen atoms in total. The fraction of sp³-hybridized carbons (Fsp3) is 0.571. The van der Waals surface area contributed by atoms with Crippen molar-refractivity contribution in [3.8, 4) is 0 Å². The van der Waals surface area contributed by atoms with Crippen LogP contribution in [-0.4, -0.2) is 38.6 Å². The van der Waals surface area contributed by atoms with Gasteiger partial charge in [0.05, 0.1) is 18.9 Å². The van der Waals surface area contributed by atoms with Crippen molar-refractivity contribution in [2.75, 3.05) is 6.54 Å². The summed E-state index contributed by atoms with van der Waals surface area (Å²) in [6.07, 6.45) is 7.97. The van der Waals surface area contributed by atoms with E-state index in [1.54, 1.807) is 16.9 Å². The van der Waals surface area contributed by atoms with Crippen LogP contribution in [0.15, 0.2) is 23.0 Å². The van der Waals surface area contributed by atoms with Gasteiger partial charge in [-0.1, -0.05) is 16.8 Å². The lowest BCUT2D eigenvalue weighted by Crippen LogP contribution is -2.34. The maximum atomic E-state index is 12.0. The lowest BCUT2D eigenvalue weighted by molar-refractivity contribution is 0.0942. The standard InChI is InChI=1S/C14H20N6O2/c21-14(16-9-12-4-7-17-22-12)13-10-20(19-18-13)8-5-11-3-1-2-6-15-11/h4,7,10-11,15H,1-3,5-6,8-9H2,(H,16,21)/t11-/m0/s1. The molecule has 1 amide bonds. The van der Waals surface area contributed by atoms with Gasteiger partial charge in [-0.3, -0.25) is 9.48 Å². The second-order valence-corrected chi connectivity index (χ2v) is 5.46. The number of nitrogens with zero attached hydrogens (tertiary/aromatic N) is 4. The fourth-order valence-electron chi connectivity index (χ4n) is 2.56. The highest BCUT2D eigenvalue weighted by Gasteiger charge is 2.14. The molecule has 0 bridgehead atoms. The van der Waals surface area contributed by atoms with Crippen molar-refractivity contribution < 1.29 is 9.32 Å². The summed E-state index contributed by atoms with van der Waals surface area (Å²) in [5, 5.41) is 17.7. The van der Waals surface area contributed by atoms with E-state index >= 15 is 0 Å². The van der Waals surface area contributed by atoms with Crippen molar-refractivity contribution in [2.45, 2.75) is 44.8 Å². The van der Waals surface area contributed by atoms with Crippen molar-refractivity contribution in [2.24, 2.45) is 0 Å². The van der Waals surface area contributed by atoms with Crippen LogP contribution in [0.25, 0.3) is 0 Å². The quantitative estimate of drug-likeness (QED) is 0.816. The third-order valence-corrected chi connectivity index (χ3v) is 3.80. The predicted molar refractivity (Wildman–Crippen MR) is 78.0 cm³/mol. The number of nitrogens with one attached hydrogen (secondary N) is 2. The molecule has 1 atom stereocenters. The Labute approximate surface area is 128 Å². The van der Waals surface area contributed by atoms with Crippen LogP contribution in [0.1, 0.15) is 41.9 Å². The third-order valence-electron chi connectivity index (χ3n) is 3.80. The van der Waals surface area contributed by atoms with Crippen LogP contribution in [0.2, 0.25) is 0 Å². The van der Waals surface area contributed by atoms with Crippen LogP contribution in [0.5, 0.6) is 0 Å². The zero-order valence-electron chi connectivity index (χ0n) is 12.4. The van der Waals surface area contributed by atoms with Crippen LogP contribution in [0.3, 0.4) is 0 Å². The summed E-state index contributed by atoms with van der Waals surface area (Å²) in [6.45, 7) is 2.15. The van der Waals surface area contributed by atoms with Gasteiger partial charge in [0.1, 0.15) is 0 Å². The monoisotopic (exact) mass is 304 g/mol. The first kappa shape index (κ1) is 14.7. The normalized spacial score (nSPS) is 18.3. The highest BCUT2D eigenvalue weighted by atomic mass is 16.5. The maximum absolute atomic E-state index is 12.0. The van der Waals surface area contributed by atoms with E-state index in [2.05, 4.69) is 26.1 Å². The van der Waals surface area contributed by atoms with E-state index in [0.717, 1.165) is 19.5 Å². The molecule has 2 aromatic heterocycles. The minimum Gasteiger partial charge on any atom is -0.360 e. The van der Waals surface area contributed by atoms with Crippen LogP contribution in [0.4, 0.5) is 0 Å². The van der Waals surface area contributed by atoms with Gasteiger partial charge in [-0.05, 0) is 25.8 Å². The van der Waals surface area contributed by atoms with Crippen LogP contribution in [0, 0.1) is 0 Å². The number of carbonyl (C=O) groups excluding carboxylic acids is 1. The van der Waals surface area contributed by atoms with E-state index in [-0.39, 0.29) is 12.5 Å². The summed E-state index contributed by atoms with van der Waals surface area (Å²) >= 11 is 0. The second-order valence-electron chi connectivity index (χ2n) is 5.46. The smallest absolute Gasteiger partial charge is 0.273 e. The molecule has 22 heavy (non-hydrogen) atoms. The van der Waals surface area contributed by atoms with Crippen molar-refractivity contribution in [3.63, 3.8) is 0 Å². The number of hydrogen-bond acceptors (Lipinski definition) is 6. The Bertz CT molecular complexity index is 588. The van der Waals surface area contributed by atoms with Gasteiger partial charge in [0.15, 0.2) is 11.5 Å². The first-order valence-electron chi connectivity index (χ1n) is 7.62. The molecule has 3 rings (SSSR count). The summed E-state index contributed by atoms with van der Waals surface area (Å²) in [5.74, 6) is 0.336. The molecule has 0 aromatic carbocycles. The van der Waals surface area contributed by atoms with Crippen LogP contribution in [-0.2, 0) is 13.1 Å². The summed E-state index contributed by atoms with van der Waals surface area (Å²) in [5.41, 5.74) is 0.316. The van der Waals surface area contributed by atoms with Gasteiger partial charge in [0.25, 0.3) is 5.91 Å². The molecule has 3 heterocycles. The van der Waals surface area contributed by atoms with Crippen molar-refractivity contribution >= 4 is 5.91 Å². The molecular formula is C14H20N6O2. The van der Waals surface area contributed by atoms with Crippen molar-refractivity contribution in [1.29, 1.82) is 0 Å². The number of aromatic nitrogens is 4. The van der Waals surface area contributed by atoms with Gasteiger partial charge in [-0.25, -0.2) is 0 Å². The van der Waals surface area contributed by atoms with Crippen molar-refractivity contribution in [3.05, 3.63) is 29.9 Å². The van der Waals surface area contributed by atoms with Gasteiger partial charge >= 0.3 is 0 Å². The molecule has 118 valence electrons. The summed E-state index contributed by atoms with van der Waals surface area (Å²) in [7, 11) is 0. The zero-order chi connectivity index (χ0) is 15.2. The van der Waals surface area contributed by atoms with Gasteiger partial charge in [0.2, 0.25) is 0 Å². The Kier molecular flexibility index (Phi) is 4.79. The molecule has 0 unspecified atom stereocenters. The highest BCUT2D eigenvalue weighted by molar-refractivity contribution is 5.91. The molecule has 0 saturated carbocycles. The molecule has 0 aliphatic carbocycles. The number of rotatable bonds is 6. The van der Waals surface area contributed by atoms with Crippen LogP contribution >= 0.6 is 0 Å². The third kappa shape index (κ3) is 3.91. The van der Waals surface area contributed by atoms with E-state index in [1.807, 2.05) is 0 Å². The van der Waals surface area contributed by atoms with Crippen molar-refractivity contribution in [1.82, 2.24) is 30.8 Å². The van der Waals surface area contributed by atoms with Gasteiger partial charge < -0.3 is 15.2 Å². The Morgan fingerprint density at radius 3 is 3.23 bits per heavy atom. The highest BCUT2D eigenvalue weighted by Crippen LogP contribution is 2.10. The summed E-state index contributed by atoms with van der Waals surface area (Å²) < 4.78 is 6.64. The topological polar surface area (TPSA) is 97.9 Å². The minimum atomic E-state index is -0.265. The molecule has 1 saturated heterocycles. The molecule has 8 heteroatoms. The molecule has 2 N–H and O–H groups in total.